The molecule has 0 radical (unpaired) electrons. The molecule has 0 aromatic heterocycles. The van der Waals surface area contributed by atoms with Gasteiger partial charge in [0.25, 0.3) is 0 Å². The molecule has 4 heteroatoms. The van der Waals surface area contributed by atoms with Crippen LogP contribution in [-0.2, 0) is 0 Å². The Hall–Kier alpha value is -0.770. The second kappa shape index (κ2) is 5.53. The molecule has 2 rings (SSSR count). The molecule has 0 aromatic carbocycles. The van der Waals surface area contributed by atoms with Crippen LogP contribution in [0.5, 0.6) is 0 Å². The molecule has 1 saturated heterocycles. The van der Waals surface area contributed by atoms with E-state index in [4.69, 9.17) is 5.73 Å². The van der Waals surface area contributed by atoms with Crippen LogP contribution in [0.1, 0.15) is 38.5 Å². The minimum Gasteiger partial charge on any atom is -0.338 e. The zero-order valence-corrected chi connectivity index (χ0v) is 9.95. The summed E-state index contributed by atoms with van der Waals surface area (Å²) in [5, 5.41) is 3.03. The van der Waals surface area contributed by atoms with E-state index in [0.717, 1.165) is 45.3 Å². The Kier molecular flexibility index (Phi) is 4.04. The van der Waals surface area contributed by atoms with E-state index < -0.39 is 0 Å². The van der Waals surface area contributed by atoms with Gasteiger partial charge in [0.1, 0.15) is 0 Å². The molecule has 0 bridgehead atoms. The zero-order valence-electron chi connectivity index (χ0n) is 9.95. The molecule has 16 heavy (non-hydrogen) atoms. The summed E-state index contributed by atoms with van der Waals surface area (Å²) in [4.78, 5) is 13.8. The van der Waals surface area contributed by atoms with E-state index >= 15 is 0 Å². The van der Waals surface area contributed by atoms with E-state index in [1.165, 1.54) is 12.8 Å². The predicted molar refractivity (Wildman–Crippen MR) is 64.1 cm³/mol. The Labute approximate surface area is 97.6 Å². The van der Waals surface area contributed by atoms with Crippen molar-refractivity contribution in [3.05, 3.63) is 0 Å². The average molecular weight is 225 g/mol. The van der Waals surface area contributed by atoms with Crippen molar-refractivity contribution in [2.45, 2.75) is 44.6 Å². The molecule has 0 atom stereocenters. The van der Waals surface area contributed by atoms with E-state index in [0.29, 0.717) is 12.0 Å². The van der Waals surface area contributed by atoms with Gasteiger partial charge in [0.05, 0.1) is 0 Å². The Bertz CT molecular complexity index is 230. The van der Waals surface area contributed by atoms with Crippen molar-refractivity contribution in [2.75, 3.05) is 19.6 Å². The fraction of sp³-hybridized carbons (Fsp3) is 0.917. The third-order valence-corrected chi connectivity index (χ3v) is 3.71. The van der Waals surface area contributed by atoms with Gasteiger partial charge in [0.2, 0.25) is 0 Å². The quantitative estimate of drug-likeness (QED) is 0.744. The normalized spacial score (nSPS) is 30.4. The summed E-state index contributed by atoms with van der Waals surface area (Å²) in [6.07, 6.45) is 6.98. The van der Waals surface area contributed by atoms with Crippen molar-refractivity contribution in [3.63, 3.8) is 0 Å². The minimum absolute atomic E-state index is 0.127. The smallest absolute Gasteiger partial charge is 0.317 e. The summed E-state index contributed by atoms with van der Waals surface area (Å²) < 4.78 is 0. The molecule has 2 aliphatic rings. The molecule has 1 aliphatic carbocycles. The zero-order chi connectivity index (χ0) is 11.4. The fourth-order valence-corrected chi connectivity index (χ4v) is 2.57. The van der Waals surface area contributed by atoms with Crippen LogP contribution in [0, 0.1) is 5.92 Å². The van der Waals surface area contributed by atoms with Crippen molar-refractivity contribution >= 4 is 6.03 Å². The number of carbonyl (C=O) groups excluding carboxylic acids is 1. The van der Waals surface area contributed by atoms with E-state index in [-0.39, 0.29) is 6.03 Å². The molecular formula is C12H23N3O. The largest absolute Gasteiger partial charge is 0.338 e. The fourth-order valence-electron chi connectivity index (χ4n) is 2.57. The van der Waals surface area contributed by atoms with Gasteiger partial charge in [-0.1, -0.05) is 12.8 Å². The number of nitrogens with one attached hydrogen (secondary N) is 1. The first-order valence-electron chi connectivity index (χ1n) is 6.54. The molecule has 0 spiro atoms. The van der Waals surface area contributed by atoms with E-state index in [2.05, 4.69) is 5.32 Å². The molecule has 2 fully saturated rings. The van der Waals surface area contributed by atoms with Gasteiger partial charge in [-0.2, -0.15) is 0 Å². The third kappa shape index (κ3) is 3.11. The molecule has 3 N–H and O–H groups in total. The molecule has 0 aromatic rings. The minimum atomic E-state index is 0.127. The van der Waals surface area contributed by atoms with Crippen LogP contribution in [0.15, 0.2) is 0 Å². The van der Waals surface area contributed by atoms with Gasteiger partial charge >= 0.3 is 6.03 Å². The van der Waals surface area contributed by atoms with Crippen molar-refractivity contribution in [1.29, 1.82) is 0 Å². The van der Waals surface area contributed by atoms with Crippen LogP contribution in [0.4, 0.5) is 4.79 Å². The summed E-state index contributed by atoms with van der Waals surface area (Å²) in [6, 6.07) is 0.502. The first kappa shape index (κ1) is 11.7. The van der Waals surface area contributed by atoms with Crippen LogP contribution in [0.2, 0.25) is 0 Å². The Morgan fingerprint density at radius 3 is 2.38 bits per heavy atom. The second-order valence-corrected chi connectivity index (χ2v) is 5.18. The van der Waals surface area contributed by atoms with Gasteiger partial charge in [0, 0.05) is 25.7 Å². The second-order valence-electron chi connectivity index (χ2n) is 5.18. The number of likely N-dealkylation sites (tertiary alicyclic amines) is 1. The van der Waals surface area contributed by atoms with Crippen molar-refractivity contribution in [1.82, 2.24) is 10.2 Å². The van der Waals surface area contributed by atoms with Crippen LogP contribution < -0.4 is 11.1 Å². The summed E-state index contributed by atoms with van der Waals surface area (Å²) in [6.45, 7) is 2.66. The van der Waals surface area contributed by atoms with Gasteiger partial charge in [-0.25, -0.2) is 4.79 Å². The number of nitrogens with two attached hydrogens (primary N) is 1. The van der Waals surface area contributed by atoms with E-state index in [1.807, 2.05) is 4.90 Å². The first-order valence-corrected chi connectivity index (χ1v) is 6.54. The number of urea groups is 1. The third-order valence-electron chi connectivity index (χ3n) is 3.71. The van der Waals surface area contributed by atoms with Crippen molar-refractivity contribution in [3.8, 4) is 0 Å². The predicted octanol–water partition coefficient (Wildman–Crippen LogP) is 1.31. The molecule has 0 unspecified atom stereocenters. The lowest BCUT2D eigenvalue weighted by atomic mass is 9.81. The highest BCUT2D eigenvalue weighted by atomic mass is 16.2. The monoisotopic (exact) mass is 225 g/mol. The van der Waals surface area contributed by atoms with E-state index in [1.54, 1.807) is 0 Å². The number of hydrogen-bond acceptors (Lipinski definition) is 2. The standard InChI is InChI=1S/C12H23N3O/c13-11-7-10(8-11)9-14-12(16)15-5-3-1-2-4-6-15/h10-11H,1-9,13H2,(H,14,16). The first-order chi connectivity index (χ1) is 7.75. The number of nitrogens with zero attached hydrogens (tertiary/aromatic N) is 1. The highest BCUT2D eigenvalue weighted by molar-refractivity contribution is 5.74. The molecule has 4 nitrogen and oxygen atoms in total. The molecule has 2 amide bonds. The lowest BCUT2D eigenvalue weighted by molar-refractivity contribution is 0.190. The van der Waals surface area contributed by atoms with E-state index in [9.17, 15) is 4.79 Å². The maximum atomic E-state index is 11.9. The van der Waals surface area contributed by atoms with Crippen molar-refractivity contribution < 1.29 is 4.79 Å². The number of hydrogen-bond donors (Lipinski definition) is 2. The van der Waals surface area contributed by atoms with Gasteiger partial charge in [-0.05, 0) is 31.6 Å². The van der Waals surface area contributed by atoms with Gasteiger partial charge in [-0.15, -0.1) is 0 Å². The molecular weight excluding hydrogens is 202 g/mol. The van der Waals surface area contributed by atoms with Gasteiger partial charge in [0.15, 0.2) is 0 Å². The highest BCUT2D eigenvalue weighted by Crippen LogP contribution is 2.24. The Balaban J connectivity index is 1.66. The highest BCUT2D eigenvalue weighted by Gasteiger charge is 2.26. The topological polar surface area (TPSA) is 58.4 Å². The molecule has 1 aliphatic heterocycles. The number of rotatable bonds is 2. The van der Waals surface area contributed by atoms with Crippen LogP contribution in [0.25, 0.3) is 0 Å². The molecule has 1 saturated carbocycles. The van der Waals surface area contributed by atoms with Crippen LogP contribution in [0.3, 0.4) is 0 Å². The number of carbonyl (C=O) groups is 1. The average Bonchev–Trinajstić information content (AvgIpc) is 2.50. The van der Waals surface area contributed by atoms with Gasteiger partial charge in [-0.3, -0.25) is 0 Å². The summed E-state index contributed by atoms with van der Waals surface area (Å²) >= 11 is 0. The SMILES string of the molecule is NC1CC(CNC(=O)N2CCCCCC2)C1. The summed E-state index contributed by atoms with van der Waals surface area (Å²) in [7, 11) is 0. The molecule has 1 heterocycles. The van der Waals surface area contributed by atoms with Crippen LogP contribution in [-0.4, -0.2) is 36.6 Å². The Morgan fingerprint density at radius 2 is 1.81 bits per heavy atom. The lowest BCUT2D eigenvalue weighted by Crippen LogP contribution is -2.46. The summed E-state index contributed by atoms with van der Waals surface area (Å²) in [5.41, 5.74) is 5.72. The molecule has 92 valence electrons. The Morgan fingerprint density at radius 1 is 1.19 bits per heavy atom. The maximum Gasteiger partial charge on any atom is 0.317 e. The van der Waals surface area contributed by atoms with Crippen molar-refractivity contribution in [2.24, 2.45) is 11.7 Å². The maximum absolute atomic E-state index is 11.9. The van der Waals surface area contributed by atoms with Crippen LogP contribution >= 0.6 is 0 Å². The summed E-state index contributed by atoms with van der Waals surface area (Å²) in [5.74, 6) is 0.617. The lowest BCUT2D eigenvalue weighted by Gasteiger charge is -2.33. The number of amides is 2. The van der Waals surface area contributed by atoms with Gasteiger partial charge < -0.3 is 16.0 Å².